The lowest BCUT2D eigenvalue weighted by molar-refractivity contribution is 0.0992. The Hall–Kier alpha value is -0.0200. The van der Waals surface area contributed by atoms with Crippen molar-refractivity contribution in [1.29, 1.82) is 0 Å². The summed E-state index contributed by atoms with van der Waals surface area (Å²) in [6, 6.07) is 0. The highest BCUT2D eigenvalue weighted by Crippen LogP contribution is 2.18. The molecule has 0 fully saturated rings. The molecule has 1 aliphatic rings. The van der Waals surface area contributed by atoms with E-state index in [-0.39, 0.29) is 0 Å². The minimum Gasteiger partial charge on any atom is -0.369 e. The van der Waals surface area contributed by atoms with Crippen LogP contribution in [0, 0.1) is 0 Å². The van der Waals surface area contributed by atoms with Crippen LogP contribution < -0.4 is 0 Å². The van der Waals surface area contributed by atoms with Crippen LogP contribution in [-0.4, -0.2) is 22.1 Å². The Kier molecular flexibility index (Phi) is 1.09. The molecule has 0 saturated heterocycles. The minimum atomic E-state index is -0.773. The number of hydrogen-bond donors (Lipinski definition) is 1. The van der Waals surface area contributed by atoms with E-state index < -0.39 is 5.72 Å². The smallest absolute Gasteiger partial charge is 0.163 e. The first-order chi connectivity index (χ1) is 3.21. The van der Waals surface area contributed by atoms with E-state index in [4.69, 9.17) is 5.11 Å². The van der Waals surface area contributed by atoms with Crippen molar-refractivity contribution in [2.24, 2.45) is 4.99 Å². The van der Waals surface area contributed by atoms with E-state index >= 15 is 0 Å². The highest BCUT2D eigenvalue weighted by atomic mass is 32.2. The molecule has 1 N–H and O–H groups in total. The number of aliphatic hydroxyl groups is 1. The summed E-state index contributed by atoms with van der Waals surface area (Å²) in [7, 11) is 0. The van der Waals surface area contributed by atoms with Crippen LogP contribution in [0.4, 0.5) is 0 Å². The first kappa shape index (κ1) is 5.12. The molecule has 0 bridgehead atoms. The van der Waals surface area contributed by atoms with Crippen LogP contribution in [0.3, 0.4) is 0 Å². The van der Waals surface area contributed by atoms with Crippen molar-refractivity contribution in [2.45, 2.75) is 12.6 Å². The zero-order chi connectivity index (χ0) is 5.33. The van der Waals surface area contributed by atoms with Crippen LogP contribution in [0.15, 0.2) is 4.99 Å². The molecule has 3 heteroatoms. The van der Waals surface area contributed by atoms with Gasteiger partial charge in [-0.25, -0.2) is 0 Å². The second-order valence-electron chi connectivity index (χ2n) is 1.76. The molecule has 7 heavy (non-hydrogen) atoms. The molecule has 1 unspecified atom stereocenters. The Morgan fingerprint density at radius 1 is 2.00 bits per heavy atom. The van der Waals surface area contributed by atoms with Gasteiger partial charge in [0.2, 0.25) is 0 Å². The summed E-state index contributed by atoms with van der Waals surface area (Å²) in [6.07, 6.45) is 0. The molecule has 0 saturated carbocycles. The van der Waals surface area contributed by atoms with Gasteiger partial charge in [0.15, 0.2) is 5.72 Å². The highest BCUT2D eigenvalue weighted by Gasteiger charge is 2.20. The van der Waals surface area contributed by atoms with Gasteiger partial charge in [-0.2, -0.15) is 0 Å². The van der Waals surface area contributed by atoms with Crippen LogP contribution in [0.2, 0.25) is 0 Å². The summed E-state index contributed by atoms with van der Waals surface area (Å²) in [6.45, 7) is 1.70. The van der Waals surface area contributed by atoms with Gasteiger partial charge < -0.3 is 5.11 Å². The summed E-state index contributed by atoms with van der Waals surface area (Å²) >= 11 is 1.54. The lowest BCUT2D eigenvalue weighted by Crippen LogP contribution is -2.19. The molecule has 0 spiro atoms. The SMILES string of the molecule is CC1(O)CSC=N1. The third-order valence-corrected chi connectivity index (χ3v) is 1.73. The zero-order valence-corrected chi connectivity index (χ0v) is 4.90. The van der Waals surface area contributed by atoms with Crippen LogP contribution in [0.25, 0.3) is 0 Å². The maximum absolute atomic E-state index is 8.98. The van der Waals surface area contributed by atoms with Crippen molar-refractivity contribution in [3.05, 3.63) is 0 Å². The van der Waals surface area contributed by atoms with Gasteiger partial charge in [-0.05, 0) is 6.92 Å². The topological polar surface area (TPSA) is 32.6 Å². The second kappa shape index (κ2) is 1.49. The molecule has 1 aliphatic heterocycles. The molecule has 0 amide bonds. The van der Waals surface area contributed by atoms with Gasteiger partial charge in [0.1, 0.15) is 0 Å². The minimum absolute atomic E-state index is 0.701. The summed E-state index contributed by atoms with van der Waals surface area (Å²) < 4.78 is 0. The van der Waals surface area contributed by atoms with E-state index in [1.807, 2.05) is 0 Å². The number of hydrogen-bond acceptors (Lipinski definition) is 3. The van der Waals surface area contributed by atoms with Gasteiger partial charge in [0.25, 0.3) is 0 Å². The lowest BCUT2D eigenvalue weighted by atomic mass is 10.3. The average molecular weight is 117 g/mol. The zero-order valence-electron chi connectivity index (χ0n) is 4.09. The number of rotatable bonds is 0. The molecule has 0 aromatic carbocycles. The molecule has 1 heterocycles. The molecule has 1 rings (SSSR count). The Labute approximate surface area is 46.6 Å². The number of thioether (sulfide) groups is 1. The van der Waals surface area contributed by atoms with Gasteiger partial charge in [-0.15, -0.1) is 11.8 Å². The lowest BCUT2D eigenvalue weighted by Gasteiger charge is -2.08. The normalized spacial score (nSPS) is 39.7. The fourth-order valence-electron chi connectivity index (χ4n) is 0.383. The van der Waals surface area contributed by atoms with Crippen LogP contribution in [-0.2, 0) is 0 Å². The number of aliphatic imine (C=N–C) groups is 1. The standard InChI is InChI=1S/C4H7NOS/c1-4(6)2-7-3-5-4/h3,6H,2H2,1H3. The van der Waals surface area contributed by atoms with Gasteiger partial charge in [0.05, 0.1) is 5.55 Å². The molecule has 0 radical (unpaired) electrons. The predicted octanol–water partition coefficient (Wildman–Crippen LogP) is 0.470. The Balaban J connectivity index is 2.57. The van der Waals surface area contributed by atoms with E-state index in [2.05, 4.69) is 4.99 Å². The fraction of sp³-hybridized carbons (Fsp3) is 0.750. The van der Waals surface area contributed by atoms with E-state index in [1.165, 1.54) is 11.8 Å². The monoisotopic (exact) mass is 117 g/mol. The van der Waals surface area contributed by atoms with E-state index in [1.54, 1.807) is 12.5 Å². The Bertz CT molecular complexity index is 99.9. The van der Waals surface area contributed by atoms with Gasteiger partial charge in [-0.3, -0.25) is 4.99 Å². The molecule has 0 aromatic rings. The first-order valence-electron chi connectivity index (χ1n) is 2.08. The van der Waals surface area contributed by atoms with E-state index in [9.17, 15) is 0 Å². The van der Waals surface area contributed by atoms with Crippen molar-refractivity contribution in [3.8, 4) is 0 Å². The molecule has 0 aliphatic carbocycles. The Morgan fingerprint density at radius 3 is 2.86 bits per heavy atom. The van der Waals surface area contributed by atoms with Crippen LogP contribution >= 0.6 is 11.8 Å². The fourth-order valence-corrected chi connectivity index (χ4v) is 1.15. The maximum atomic E-state index is 8.98. The van der Waals surface area contributed by atoms with Crippen molar-refractivity contribution in [1.82, 2.24) is 0 Å². The second-order valence-corrected chi connectivity index (χ2v) is 2.60. The summed E-state index contributed by atoms with van der Waals surface area (Å²) in [5, 5.41) is 8.98. The third-order valence-electron chi connectivity index (χ3n) is 0.762. The molecule has 40 valence electrons. The molecular weight excluding hydrogens is 110 g/mol. The highest BCUT2D eigenvalue weighted by molar-refractivity contribution is 8.12. The summed E-state index contributed by atoms with van der Waals surface area (Å²) in [4.78, 5) is 3.76. The molecular formula is C4H7NOS. The van der Waals surface area contributed by atoms with Crippen molar-refractivity contribution >= 4 is 17.3 Å². The van der Waals surface area contributed by atoms with E-state index in [0.29, 0.717) is 5.75 Å². The van der Waals surface area contributed by atoms with Crippen LogP contribution in [0.1, 0.15) is 6.92 Å². The quantitative estimate of drug-likeness (QED) is 0.500. The van der Waals surface area contributed by atoms with E-state index in [0.717, 1.165) is 0 Å². The maximum Gasteiger partial charge on any atom is 0.163 e. The van der Waals surface area contributed by atoms with Crippen LogP contribution in [0.5, 0.6) is 0 Å². The summed E-state index contributed by atoms with van der Waals surface area (Å²) in [5.74, 6) is 0.701. The molecule has 1 atom stereocenters. The molecule has 2 nitrogen and oxygen atoms in total. The van der Waals surface area contributed by atoms with Crippen molar-refractivity contribution in [2.75, 3.05) is 5.75 Å². The largest absolute Gasteiger partial charge is 0.369 e. The average Bonchev–Trinajstić information content (AvgIpc) is 1.84. The van der Waals surface area contributed by atoms with Crippen molar-refractivity contribution in [3.63, 3.8) is 0 Å². The number of nitrogens with zero attached hydrogens (tertiary/aromatic N) is 1. The summed E-state index contributed by atoms with van der Waals surface area (Å²) in [5.41, 5.74) is 0.907. The van der Waals surface area contributed by atoms with Gasteiger partial charge in [0, 0.05) is 5.75 Å². The van der Waals surface area contributed by atoms with Gasteiger partial charge >= 0.3 is 0 Å². The Morgan fingerprint density at radius 2 is 2.71 bits per heavy atom. The molecule has 0 aromatic heterocycles. The third kappa shape index (κ3) is 1.17. The predicted molar refractivity (Wildman–Crippen MR) is 31.6 cm³/mol. The van der Waals surface area contributed by atoms with Gasteiger partial charge in [-0.1, -0.05) is 0 Å². The van der Waals surface area contributed by atoms with Crippen molar-refractivity contribution < 1.29 is 5.11 Å². The first-order valence-corrected chi connectivity index (χ1v) is 3.13.